The molecule has 7 heteroatoms. The average molecular weight is 392 g/mol. The lowest BCUT2D eigenvalue weighted by Crippen LogP contribution is -2.40. The minimum absolute atomic E-state index is 0.0171. The van der Waals surface area contributed by atoms with Gasteiger partial charge in [-0.1, -0.05) is 30.3 Å². The number of piperidine rings is 1. The molecule has 1 saturated heterocycles. The second-order valence-corrected chi connectivity index (χ2v) is 7.23. The van der Waals surface area contributed by atoms with Gasteiger partial charge in [-0.25, -0.2) is 14.0 Å². The van der Waals surface area contributed by atoms with E-state index in [2.05, 4.69) is 5.10 Å². The molecule has 0 bridgehead atoms. The number of nitrogens with zero attached hydrogens (tertiary/aromatic N) is 4. The maximum atomic E-state index is 13.1. The van der Waals surface area contributed by atoms with Gasteiger partial charge >= 0.3 is 5.69 Å². The van der Waals surface area contributed by atoms with E-state index in [-0.39, 0.29) is 17.5 Å². The number of ether oxygens (including phenoxy) is 1. The molecule has 1 fully saturated rings. The van der Waals surface area contributed by atoms with Crippen molar-refractivity contribution in [3.8, 4) is 11.4 Å². The normalized spacial score (nSPS) is 16.6. The van der Waals surface area contributed by atoms with E-state index < -0.39 is 0 Å². The number of likely N-dealkylation sites (tertiary alicyclic amines) is 1. The van der Waals surface area contributed by atoms with Gasteiger partial charge in [0.1, 0.15) is 11.6 Å². The summed E-state index contributed by atoms with van der Waals surface area (Å²) in [4.78, 5) is 27.7. The number of amides is 1. The van der Waals surface area contributed by atoms with Crippen molar-refractivity contribution in [3.05, 3.63) is 76.5 Å². The van der Waals surface area contributed by atoms with Crippen molar-refractivity contribution in [2.45, 2.75) is 18.8 Å². The lowest BCUT2D eigenvalue weighted by Gasteiger charge is -2.32. The van der Waals surface area contributed by atoms with E-state index in [1.54, 1.807) is 30.9 Å². The number of aryl methyl sites for hydroxylation is 1. The zero-order valence-corrected chi connectivity index (χ0v) is 16.6. The maximum absolute atomic E-state index is 13.1. The van der Waals surface area contributed by atoms with Gasteiger partial charge in [-0.05, 0) is 37.1 Å². The van der Waals surface area contributed by atoms with Gasteiger partial charge < -0.3 is 9.64 Å². The Hall–Kier alpha value is -3.35. The van der Waals surface area contributed by atoms with E-state index in [0.717, 1.165) is 18.5 Å². The van der Waals surface area contributed by atoms with Crippen LogP contribution in [0, 0.1) is 0 Å². The predicted octanol–water partition coefficient (Wildman–Crippen LogP) is 2.60. The number of hydrogen-bond acceptors (Lipinski definition) is 4. The van der Waals surface area contributed by atoms with Crippen LogP contribution in [0.5, 0.6) is 5.75 Å². The summed E-state index contributed by atoms with van der Waals surface area (Å²) in [6, 6.07) is 16.8. The Morgan fingerprint density at radius 2 is 1.83 bits per heavy atom. The quantitative estimate of drug-likeness (QED) is 0.684. The van der Waals surface area contributed by atoms with Gasteiger partial charge in [-0.3, -0.25) is 4.79 Å². The molecule has 2 heterocycles. The van der Waals surface area contributed by atoms with Crippen molar-refractivity contribution in [2.75, 3.05) is 20.2 Å². The molecule has 150 valence electrons. The van der Waals surface area contributed by atoms with Gasteiger partial charge in [-0.15, -0.1) is 0 Å². The molecule has 1 aromatic heterocycles. The molecular formula is C22H24N4O3. The SMILES string of the molecule is COc1ccccc1C(=O)N1CCC[C@H](c2nn(C)c(=O)n2-c2ccccc2)C1. The molecule has 0 aliphatic carbocycles. The highest BCUT2D eigenvalue weighted by molar-refractivity contribution is 5.97. The highest BCUT2D eigenvalue weighted by Gasteiger charge is 2.31. The van der Waals surface area contributed by atoms with E-state index in [9.17, 15) is 9.59 Å². The fourth-order valence-electron chi connectivity index (χ4n) is 3.93. The third-order valence-corrected chi connectivity index (χ3v) is 5.38. The van der Waals surface area contributed by atoms with Crippen molar-refractivity contribution >= 4 is 5.91 Å². The summed E-state index contributed by atoms with van der Waals surface area (Å²) in [6.45, 7) is 1.19. The first-order valence-electron chi connectivity index (χ1n) is 9.74. The number of methoxy groups -OCH3 is 1. The van der Waals surface area contributed by atoms with E-state index in [1.807, 2.05) is 47.4 Å². The lowest BCUT2D eigenvalue weighted by atomic mass is 9.96. The van der Waals surface area contributed by atoms with Crippen LogP contribution in [0.1, 0.15) is 34.9 Å². The van der Waals surface area contributed by atoms with E-state index in [4.69, 9.17) is 4.74 Å². The summed E-state index contributed by atoms with van der Waals surface area (Å²) in [5.74, 6) is 1.19. The smallest absolute Gasteiger partial charge is 0.350 e. The fraction of sp³-hybridized carbons (Fsp3) is 0.318. The van der Waals surface area contributed by atoms with E-state index in [1.165, 1.54) is 4.68 Å². The molecule has 1 aliphatic heterocycles. The minimum atomic E-state index is -0.181. The van der Waals surface area contributed by atoms with Crippen LogP contribution in [-0.2, 0) is 7.05 Å². The van der Waals surface area contributed by atoms with Crippen LogP contribution in [0.3, 0.4) is 0 Å². The van der Waals surface area contributed by atoms with Gasteiger partial charge in [0.25, 0.3) is 5.91 Å². The number of rotatable bonds is 4. The van der Waals surface area contributed by atoms with Crippen LogP contribution in [0.25, 0.3) is 5.69 Å². The molecule has 1 amide bonds. The summed E-state index contributed by atoms with van der Waals surface area (Å²) in [7, 11) is 3.23. The molecule has 29 heavy (non-hydrogen) atoms. The van der Waals surface area contributed by atoms with Gasteiger partial charge in [0, 0.05) is 26.1 Å². The predicted molar refractivity (Wildman–Crippen MR) is 110 cm³/mol. The summed E-state index contributed by atoms with van der Waals surface area (Å²) in [5, 5.41) is 4.51. The second-order valence-electron chi connectivity index (χ2n) is 7.23. The number of carbonyl (C=O) groups excluding carboxylic acids is 1. The van der Waals surface area contributed by atoms with Crippen LogP contribution in [0.4, 0.5) is 0 Å². The first-order valence-corrected chi connectivity index (χ1v) is 9.74. The number of hydrogen-bond donors (Lipinski definition) is 0. The van der Waals surface area contributed by atoms with Crippen LogP contribution >= 0.6 is 0 Å². The van der Waals surface area contributed by atoms with Gasteiger partial charge in [0.15, 0.2) is 0 Å². The summed E-state index contributed by atoms with van der Waals surface area (Å²) < 4.78 is 8.38. The molecule has 7 nitrogen and oxygen atoms in total. The Morgan fingerprint density at radius 3 is 2.59 bits per heavy atom. The monoisotopic (exact) mass is 392 g/mol. The van der Waals surface area contributed by atoms with E-state index in [0.29, 0.717) is 30.2 Å². The third-order valence-electron chi connectivity index (χ3n) is 5.38. The molecule has 3 aromatic rings. The van der Waals surface area contributed by atoms with Crippen LogP contribution < -0.4 is 10.4 Å². The summed E-state index contributed by atoms with van der Waals surface area (Å²) in [5.41, 5.74) is 1.16. The molecule has 0 unspecified atom stereocenters. The summed E-state index contributed by atoms with van der Waals surface area (Å²) >= 11 is 0. The molecule has 0 radical (unpaired) electrons. The largest absolute Gasteiger partial charge is 0.496 e. The van der Waals surface area contributed by atoms with Crippen LogP contribution in [-0.4, -0.2) is 45.4 Å². The molecule has 4 rings (SSSR count). The Labute approximate surface area is 169 Å². The van der Waals surface area contributed by atoms with Crippen molar-refractivity contribution in [3.63, 3.8) is 0 Å². The standard InChI is InChI=1S/C22H24N4O3/c1-24-22(28)26(17-10-4-3-5-11-17)20(23-24)16-9-8-14-25(15-16)21(27)18-12-6-7-13-19(18)29-2/h3-7,10-13,16H,8-9,14-15H2,1-2H3/t16-/m0/s1. The third kappa shape index (κ3) is 3.55. The maximum Gasteiger partial charge on any atom is 0.350 e. The highest BCUT2D eigenvalue weighted by Crippen LogP contribution is 2.29. The van der Waals surface area contributed by atoms with Gasteiger partial charge in [0.05, 0.1) is 18.4 Å². The molecule has 0 N–H and O–H groups in total. The van der Waals surface area contributed by atoms with E-state index >= 15 is 0 Å². The average Bonchev–Trinajstić information content (AvgIpc) is 3.08. The van der Waals surface area contributed by atoms with Gasteiger partial charge in [0.2, 0.25) is 0 Å². The number of carbonyl (C=O) groups is 1. The van der Waals surface area contributed by atoms with Crippen molar-refractivity contribution in [2.24, 2.45) is 7.05 Å². The van der Waals surface area contributed by atoms with Crippen molar-refractivity contribution in [1.82, 2.24) is 19.2 Å². The zero-order chi connectivity index (χ0) is 20.4. The Bertz CT molecular complexity index is 1070. The van der Waals surface area contributed by atoms with Crippen LogP contribution in [0.2, 0.25) is 0 Å². The Morgan fingerprint density at radius 1 is 1.10 bits per heavy atom. The van der Waals surface area contributed by atoms with Crippen LogP contribution in [0.15, 0.2) is 59.4 Å². The zero-order valence-electron chi connectivity index (χ0n) is 16.6. The topological polar surface area (TPSA) is 69.4 Å². The number of benzene rings is 2. The Balaban J connectivity index is 1.66. The number of aromatic nitrogens is 3. The molecule has 1 atom stereocenters. The van der Waals surface area contributed by atoms with Crippen molar-refractivity contribution < 1.29 is 9.53 Å². The fourth-order valence-corrected chi connectivity index (χ4v) is 3.93. The summed E-state index contributed by atoms with van der Waals surface area (Å²) in [6.07, 6.45) is 1.73. The first kappa shape index (κ1) is 19.0. The Kier molecular flexibility index (Phi) is 5.20. The molecule has 0 spiro atoms. The lowest BCUT2D eigenvalue weighted by molar-refractivity contribution is 0.0700. The molecule has 2 aromatic carbocycles. The first-order chi connectivity index (χ1) is 14.1. The number of para-hydroxylation sites is 2. The highest BCUT2D eigenvalue weighted by atomic mass is 16.5. The second kappa shape index (κ2) is 7.95. The molecular weight excluding hydrogens is 368 g/mol. The molecule has 0 saturated carbocycles. The minimum Gasteiger partial charge on any atom is -0.496 e. The molecule has 1 aliphatic rings. The van der Waals surface area contributed by atoms with Gasteiger partial charge in [-0.2, -0.15) is 5.10 Å². The van der Waals surface area contributed by atoms with Crippen molar-refractivity contribution in [1.29, 1.82) is 0 Å².